The minimum atomic E-state index is -0.326. The lowest BCUT2D eigenvalue weighted by atomic mass is 9.97. The van der Waals surface area contributed by atoms with Gasteiger partial charge in [0, 0.05) is 19.1 Å². The van der Waals surface area contributed by atoms with Crippen molar-refractivity contribution in [2.45, 2.75) is 63.9 Å². The van der Waals surface area contributed by atoms with E-state index in [-0.39, 0.29) is 35.2 Å². The molecule has 5 rings (SSSR count). The second kappa shape index (κ2) is 15.4. The number of hydrogen-bond acceptors (Lipinski definition) is 4. The Kier molecular flexibility index (Phi) is 11.2. The monoisotopic (exact) mass is 587 g/mol. The van der Waals surface area contributed by atoms with Gasteiger partial charge in [-0.25, -0.2) is 4.39 Å². The van der Waals surface area contributed by atoms with Crippen molar-refractivity contribution in [1.82, 2.24) is 4.90 Å². The summed E-state index contributed by atoms with van der Waals surface area (Å²) in [7, 11) is 0. The van der Waals surface area contributed by atoms with Gasteiger partial charge in [-0.15, -0.1) is 0 Å². The third-order valence-electron chi connectivity index (χ3n) is 7.95. The number of nitrogens with zero attached hydrogens (tertiary/aromatic N) is 1. The molecule has 1 fully saturated rings. The molecular weight excluding hydrogens is 549 g/mol. The Hall–Kier alpha value is -3.06. The zero-order valence-electron chi connectivity index (χ0n) is 24.1. The van der Waals surface area contributed by atoms with Gasteiger partial charge in [0.2, 0.25) is 0 Å². The molecule has 4 aromatic rings. The predicted molar refractivity (Wildman–Crippen MR) is 166 cm³/mol. The molecule has 3 atom stereocenters. The largest absolute Gasteiger partial charge is 0.369 e. The summed E-state index contributed by atoms with van der Waals surface area (Å²) in [6.07, 6.45) is 0.696. The summed E-state index contributed by atoms with van der Waals surface area (Å²) in [6, 6.07) is 36.0. The van der Waals surface area contributed by atoms with Crippen molar-refractivity contribution in [1.29, 1.82) is 0 Å². The summed E-state index contributed by atoms with van der Waals surface area (Å²) < 4.78 is 34.4. The topological polar surface area (TPSA) is 30.9 Å². The predicted octanol–water partition coefficient (Wildman–Crippen LogP) is 7.87. The number of benzene rings is 4. The standard InChI is InChI=1S/C36H39ClFNO3/c1-27(20-21-31-18-11-19-32(37)35(31)38)39-22-33(40-24-28-12-5-2-6-13-28)36(42-26-30-16-9-4-10-17-30)34(23-39)41-25-29-14-7-3-8-15-29/h2-19,27,33-34,36H,20-26H2,1H3. The molecule has 6 heteroatoms. The van der Waals surface area contributed by atoms with E-state index in [1.165, 1.54) is 0 Å². The number of piperidine rings is 1. The molecule has 3 unspecified atom stereocenters. The molecule has 4 nitrogen and oxygen atoms in total. The van der Waals surface area contributed by atoms with Crippen LogP contribution >= 0.6 is 11.6 Å². The van der Waals surface area contributed by atoms with Crippen molar-refractivity contribution in [2.75, 3.05) is 13.1 Å². The van der Waals surface area contributed by atoms with Crippen LogP contribution in [0.1, 0.15) is 35.6 Å². The molecular formula is C36H39ClFNO3. The van der Waals surface area contributed by atoms with Gasteiger partial charge in [0.25, 0.3) is 0 Å². The fourth-order valence-corrected chi connectivity index (χ4v) is 5.66. The highest BCUT2D eigenvalue weighted by Gasteiger charge is 2.40. The van der Waals surface area contributed by atoms with Crippen molar-refractivity contribution in [3.8, 4) is 0 Å². The minimum Gasteiger partial charge on any atom is -0.369 e. The van der Waals surface area contributed by atoms with Crippen molar-refractivity contribution >= 4 is 11.6 Å². The van der Waals surface area contributed by atoms with E-state index < -0.39 is 0 Å². The number of halogens is 2. The van der Waals surface area contributed by atoms with Gasteiger partial charge < -0.3 is 14.2 Å². The highest BCUT2D eigenvalue weighted by Crippen LogP contribution is 2.27. The van der Waals surface area contributed by atoms with Crippen LogP contribution in [0.25, 0.3) is 0 Å². The number of likely N-dealkylation sites (tertiary alicyclic amines) is 1. The first kappa shape index (κ1) is 30.4. The Morgan fingerprint density at radius 3 is 1.67 bits per heavy atom. The molecule has 0 amide bonds. The molecule has 1 saturated heterocycles. The molecule has 0 spiro atoms. The third kappa shape index (κ3) is 8.50. The third-order valence-corrected chi connectivity index (χ3v) is 8.24. The lowest BCUT2D eigenvalue weighted by molar-refractivity contribution is -0.188. The van der Waals surface area contributed by atoms with Crippen LogP contribution in [-0.4, -0.2) is 42.3 Å². The van der Waals surface area contributed by atoms with Crippen LogP contribution in [0.3, 0.4) is 0 Å². The molecule has 4 aromatic carbocycles. The molecule has 0 bridgehead atoms. The smallest absolute Gasteiger partial charge is 0.144 e. The van der Waals surface area contributed by atoms with Crippen molar-refractivity contribution < 1.29 is 18.6 Å². The fraction of sp³-hybridized carbons (Fsp3) is 0.333. The Morgan fingerprint density at radius 1 is 0.690 bits per heavy atom. The number of aryl methyl sites for hydroxylation is 1. The summed E-state index contributed by atoms with van der Waals surface area (Å²) in [5.74, 6) is -0.326. The van der Waals surface area contributed by atoms with Crippen molar-refractivity contribution in [3.63, 3.8) is 0 Å². The van der Waals surface area contributed by atoms with Crippen LogP contribution in [0.4, 0.5) is 4.39 Å². The van der Waals surface area contributed by atoms with Gasteiger partial charge in [-0.2, -0.15) is 0 Å². The van der Waals surface area contributed by atoms with Gasteiger partial charge in [0.1, 0.15) is 11.9 Å². The van der Waals surface area contributed by atoms with E-state index in [1.54, 1.807) is 6.07 Å². The lowest BCUT2D eigenvalue weighted by Gasteiger charge is -2.45. The minimum absolute atomic E-state index is 0.167. The average molecular weight is 588 g/mol. The van der Waals surface area contributed by atoms with Crippen LogP contribution in [0.5, 0.6) is 0 Å². The number of hydrogen-bond donors (Lipinski definition) is 0. The van der Waals surface area contributed by atoms with Crippen LogP contribution in [0.2, 0.25) is 5.02 Å². The molecule has 220 valence electrons. The Balaban J connectivity index is 1.34. The molecule has 0 aromatic heterocycles. The SMILES string of the molecule is CC(CCc1cccc(Cl)c1F)N1CC(OCc2ccccc2)C(OCc2ccccc2)C(OCc2ccccc2)C1. The van der Waals surface area contributed by atoms with Gasteiger partial charge in [-0.1, -0.05) is 115 Å². The quantitative estimate of drug-likeness (QED) is 0.159. The van der Waals surface area contributed by atoms with Crippen LogP contribution in [0, 0.1) is 5.82 Å². The average Bonchev–Trinajstić information content (AvgIpc) is 3.04. The van der Waals surface area contributed by atoms with Crippen LogP contribution < -0.4 is 0 Å². The van der Waals surface area contributed by atoms with E-state index in [0.29, 0.717) is 44.9 Å². The van der Waals surface area contributed by atoms with Crippen LogP contribution in [-0.2, 0) is 40.5 Å². The van der Waals surface area contributed by atoms with Gasteiger partial charge >= 0.3 is 0 Å². The van der Waals surface area contributed by atoms with Gasteiger partial charge in [0.05, 0.1) is 37.1 Å². The molecule has 0 saturated carbocycles. The summed E-state index contributed by atoms with van der Waals surface area (Å²) in [5, 5.41) is 0.167. The molecule has 1 aliphatic rings. The zero-order chi connectivity index (χ0) is 29.1. The highest BCUT2D eigenvalue weighted by molar-refractivity contribution is 6.30. The fourth-order valence-electron chi connectivity index (χ4n) is 5.46. The van der Waals surface area contributed by atoms with E-state index in [1.807, 2.05) is 66.7 Å². The molecule has 0 radical (unpaired) electrons. The van der Waals surface area contributed by atoms with E-state index in [0.717, 1.165) is 23.1 Å². The van der Waals surface area contributed by atoms with E-state index in [2.05, 4.69) is 48.2 Å². The second-order valence-electron chi connectivity index (χ2n) is 11.0. The van der Waals surface area contributed by atoms with Crippen molar-refractivity contribution in [2.24, 2.45) is 0 Å². The maximum absolute atomic E-state index is 14.6. The first-order valence-electron chi connectivity index (χ1n) is 14.7. The summed E-state index contributed by atoms with van der Waals surface area (Å²) in [6.45, 7) is 5.02. The van der Waals surface area contributed by atoms with E-state index in [4.69, 9.17) is 25.8 Å². The van der Waals surface area contributed by atoms with Crippen molar-refractivity contribution in [3.05, 3.63) is 142 Å². The summed E-state index contributed by atoms with van der Waals surface area (Å²) in [4.78, 5) is 2.40. The van der Waals surface area contributed by atoms with Crippen LogP contribution in [0.15, 0.2) is 109 Å². The molecule has 1 heterocycles. The Bertz CT molecular complexity index is 1300. The highest BCUT2D eigenvalue weighted by atomic mass is 35.5. The van der Waals surface area contributed by atoms with E-state index >= 15 is 0 Å². The summed E-state index contributed by atoms with van der Waals surface area (Å²) in [5.41, 5.74) is 3.98. The number of ether oxygens (including phenoxy) is 3. The Labute approximate surface area is 254 Å². The molecule has 0 aliphatic carbocycles. The van der Waals surface area contributed by atoms with Gasteiger partial charge in [0.15, 0.2) is 0 Å². The maximum Gasteiger partial charge on any atom is 0.144 e. The lowest BCUT2D eigenvalue weighted by Crippen LogP contribution is -2.59. The molecule has 1 aliphatic heterocycles. The second-order valence-corrected chi connectivity index (χ2v) is 11.4. The van der Waals surface area contributed by atoms with Gasteiger partial charge in [-0.05, 0) is 48.1 Å². The Morgan fingerprint density at radius 2 is 1.17 bits per heavy atom. The summed E-state index contributed by atoms with van der Waals surface area (Å²) >= 11 is 6.04. The zero-order valence-corrected chi connectivity index (χ0v) is 24.8. The molecule has 42 heavy (non-hydrogen) atoms. The molecule has 0 N–H and O–H groups in total. The number of rotatable bonds is 13. The van der Waals surface area contributed by atoms with Gasteiger partial charge in [-0.3, -0.25) is 4.90 Å². The first-order valence-corrected chi connectivity index (χ1v) is 15.1. The normalized spacial score (nSPS) is 19.9. The maximum atomic E-state index is 14.6. The first-order chi connectivity index (χ1) is 20.6. The van der Waals surface area contributed by atoms with E-state index in [9.17, 15) is 4.39 Å².